The van der Waals surface area contributed by atoms with E-state index in [2.05, 4.69) is 21.7 Å². The molecular weight excluding hydrogens is 291 g/mol. The van der Waals surface area contributed by atoms with Gasteiger partial charge in [-0.25, -0.2) is 9.37 Å². The first-order valence-corrected chi connectivity index (χ1v) is 8.01. The molecule has 0 saturated carbocycles. The standard InChI is InChI=1S/C15H13FN2S2/c1-10-2-3-12(16)6-14(10)17-7-13-9-20-15(18-13)11-4-5-19-8-11/h2-6,8-9,17H,7H2,1H3. The average molecular weight is 304 g/mol. The number of benzene rings is 1. The lowest BCUT2D eigenvalue weighted by atomic mass is 10.2. The van der Waals surface area contributed by atoms with Crippen LogP contribution >= 0.6 is 22.7 Å². The van der Waals surface area contributed by atoms with Gasteiger partial charge in [-0.15, -0.1) is 11.3 Å². The molecule has 20 heavy (non-hydrogen) atoms. The Bertz CT molecular complexity index is 704. The minimum Gasteiger partial charge on any atom is -0.379 e. The molecule has 0 saturated heterocycles. The zero-order chi connectivity index (χ0) is 13.9. The van der Waals surface area contributed by atoms with Crippen LogP contribution in [0.15, 0.2) is 40.4 Å². The van der Waals surface area contributed by atoms with E-state index in [0.717, 1.165) is 27.5 Å². The second-order valence-corrected chi connectivity index (χ2v) is 6.11. The van der Waals surface area contributed by atoms with Crippen molar-refractivity contribution in [1.29, 1.82) is 0 Å². The molecule has 0 aliphatic rings. The van der Waals surface area contributed by atoms with Crippen LogP contribution < -0.4 is 5.32 Å². The zero-order valence-corrected chi connectivity index (χ0v) is 12.5. The van der Waals surface area contributed by atoms with Gasteiger partial charge in [0.2, 0.25) is 0 Å². The first-order chi connectivity index (χ1) is 9.72. The van der Waals surface area contributed by atoms with E-state index in [0.29, 0.717) is 6.54 Å². The molecule has 0 aliphatic heterocycles. The molecule has 0 amide bonds. The maximum absolute atomic E-state index is 13.2. The molecular formula is C15H13FN2S2. The number of thiophene rings is 1. The van der Waals surface area contributed by atoms with Crippen molar-refractivity contribution in [3.8, 4) is 10.6 Å². The van der Waals surface area contributed by atoms with Crippen molar-refractivity contribution in [2.24, 2.45) is 0 Å². The lowest BCUT2D eigenvalue weighted by Gasteiger charge is -2.07. The van der Waals surface area contributed by atoms with Gasteiger partial charge in [-0.1, -0.05) is 6.07 Å². The third-order valence-electron chi connectivity index (χ3n) is 2.98. The third-order valence-corrected chi connectivity index (χ3v) is 4.60. The van der Waals surface area contributed by atoms with Gasteiger partial charge in [0.05, 0.1) is 12.2 Å². The zero-order valence-electron chi connectivity index (χ0n) is 10.9. The Labute approximate surface area is 124 Å². The van der Waals surface area contributed by atoms with Gasteiger partial charge in [0.15, 0.2) is 0 Å². The lowest BCUT2D eigenvalue weighted by molar-refractivity contribution is 0.628. The fourth-order valence-corrected chi connectivity index (χ4v) is 3.41. The number of nitrogens with zero attached hydrogens (tertiary/aromatic N) is 1. The van der Waals surface area contributed by atoms with Crippen LogP contribution in [0.1, 0.15) is 11.3 Å². The van der Waals surface area contributed by atoms with Gasteiger partial charge in [-0.3, -0.25) is 0 Å². The number of hydrogen-bond acceptors (Lipinski definition) is 4. The maximum Gasteiger partial charge on any atom is 0.125 e. The van der Waals surface area contributed by atoms with Crippen LogP contribution in [0.4, 0.5) is 10.1 Å². The van der Waals surface area contributed by atoms with Gasteiger partial charge in [0, 0.05) is 22.0 Å². The highest BCUT2D eigenvalue weighted by molar-refractivity contribution is 7.14. The molecule has 0 bridgehead atoms. The van der Waals surface area contributed by atoms with Crippen LogP contribution in [0, 0.1) is 12.7 Å². The summed E-state index contributed by atoms with van der Waals surface area (Å²) >= 11 is 3.30. The normalized spacial score (nSPS) is 10.7. The summed E-state index contributed by atoms with van der Waals surface area (Å²) in [6.07, 6.45) is 0. The van der Waals surface area contributed by atoms with E-state index in [1.54, 1.807) is 28.7 Å². The van der Waals surface area contributed by atoms with Crippen LogP contribution in [0.5, 0.6) is 0 Å². The summed E-state index contributed by atoms with van der Waals surface area (Å²) in [7, 11) is 0. The summed E-state index contributed by atoms with van der Waals surface area (Å²) in [5.74, 6) is -0.227. The van der Waals surface area contributed by atoms with E-state index >= 15 is 0 Å². The van der Waals surface area contributed by atoms with Gasteiger partial charge in [-0.05, 0) is 36.1 Å². The van der Waals surface area contributed by atoms with Gasteiger partial charge in [-0.2, -0.15) is 11.3 Å². The Morgan fingerprint density at radius 2 is 2.15 bits per heavy atom. The van der Waals surface area contributed by atoms with Crippen molar-refractivity contribution in [1.82, 2.24) is 4.98 Å². The van der Waals surface area contributed by atoms with Crippen LogP contribution in [0.25, 0.3) is 10.6 Å². The summed E-state index contributed by atoms with van der Waals surface area (Å²) in [5, 5.41) is 10.4. The fraction of sp³-hybridized carbons (Fsp3) is 0.133. The molecule has 0 spiro atoms. The van der Waals surface area contributed by atoms with E-state index in [9.17, 15) is 4.39 Å². The molecule has 3 aromatic rings. The number of rotatable bonds is 4. The Morgan fingerprint density at radius 1 is 1.25 bits per heavy atom. The Balaban J connectivity index is 1.71. The van der Waals surface area contributed by atoms with Crippen LogP contribution in [-0.4, -0.2) is 4.98 Å². The highest BCUT2D eigenvalue weighted by Crippen LogP contribution is 2.26. The number of nitrogens with one attached hydrogen (secondary N) is 1. The maximum atomic E-state index is 13.2. The second kappa shape index (κ2) is 5.73. The quantitative estimate of drug-likeness (QED) is 0.739. The largest absolute Gasteiger partial charge is 0.379 e. The van der Waals surface area contributed by atoms with Crippen LogP contribution in [-0.2, 0) is 6.54 Å². The van der Waals surface area contributed by atoms with Gasteiger partial charge < -0.3 is 5.32 Å². The smallest absolute Gasteiger partial charge is 0.125 e. The summed E-state index contributed by atoms with van der Waals surface area (Å²) in [6.45, 7) is 2.56. The molecule has 0 unspecified atom stereocenters. The molecule has 3 rings (SSSR count). The van der Waals surface area contributed by atoms with Gasteiger partial charge >= 0.3 is 0 Å². The van der Waals surface area contributed by atoms with E-state index < -0.39 is 0 Å². The molecule has 1 aromatic carbocycles. The van der Waals surface area contributed by atoms with E-state index in [-0.39, 0.29) is 5.82 Å². The van der Waals surface area contributed by atoms with Crippen molar-refractivity contribution >= 4 is 28.4 Å². The number of hydrogen-bond donors (Lipinski definition) is 1. The predicted molar refractivity (Wildman–Crippen MR) is 83.9 cm³/mol. The molecule has 102 valence electrons. The molecule has 0 atom stereocenters. The lowest BCUT2D eigenvalue weighted by Crippen LogP contribution is -2.01. The van der Waals surface area contributed by atoms with Crippen molar-refractivity contribution in [2.45, 2.75) is 13.5 Å². The summed E-state index contributed by atoms with van der Waals surface area (Å²) in [4.78, 5) is 4.59. The van der Waals surface area contributed by atoms with Crippen LogP contribution in [0.3, 0.4) is 0 Å². The molecule has 1 N–H and O–H groups in total. The molecule has 2 aromatic heterocycles. The molecule has 2 heterocycles. The van der Waals surface area contributed by atoms with E-state index in [1.165, 1.54) is 12.1 Å². The van der Waals surface area contributed by atoms with Gasteiger partial charge in [0.1, 0.15) is 10.8 Å². The van der Waals surface area contributed by atoms with Crippen molar-refractivity contribution in [2.75, 3.05) is 5.32 Å². The van der Waals surface area contributed by atoms with E-state index in [4.69, 9.17) is 0 Å². The molecule has 5 heteroatoms. The molecule has 0 radical (unpaired) electrons. The average Bonchev–Trinajstić information content (AvgIpc) is 3.09. The molecule has 2 nitrogen and oxygen atoms in total. The summed E-state index contributed by atoms with van der Waals surface area (Å²) in [6, 6.07) is 6.83. The van der Waals surface area contributed by atoms with E-state index in [1.807, 2.05) is 17.7 Å². The highest BCUT2D eigenvalue weighted by atomic mass is 32.1. The number of thiazole rings is 1. The molecule has 0 aliphatic carbocycles. The first-order valence-electron chi connectivity index (χ1n) is 6.19. The first kappa shape index (κ1) is 13.3. The Kier molecular flexibility index (Phi) is 3.80. The van der Waals surface area contributed by atoms with Crippen molar-refractivity contribution < 1.29 is 4.39 Å². The Hall–Kier alpha value is -1.72. The fourth-order valence-electron chi connectivity index (χ4n) is 1.88. The summed E-state index contributed by atoms with van der Waals surface area (Å²) in [5.41, 5.74) is 3.97. The third kappa shape index (κ3) is 2.89. The number of aromatic nitrogens is 1. The topological polar surface area (TPSA) is 24.9 Å². The number of anilines is 1. The molecule has 0 fully saturated rings. The highest BCUT2D eigenvalue weighted by Gasteiger charge is 2.06. The summed E-state index contributed by atoms with van der Waals surface area (Å²) < 4.78 is 13.2. The van der Waals surface area contributed by atoms with Gasteiger partial charge in [0.25, 0.3) is 0 Å². The Morgan fingerprint density at radius 3 is 2.95 bits per heavy atom. The minimum atomic E-state index is -0.227. The number of aryl methyl sites for hydroxylation is 1. The van der Waals surface area contributed by atoms with Crippen LogP contribution in [0.2, 0.25) is 0 Å². The monoisotopic (exact) mass is 304 g/mol. The second-order valence-electron chi connectivity index (χ2n) is 4.47. The SMILES string of the molecule is Cc1ccc(F)cc1NCc1csc(-c2ccsc2)n1. The minimum absolute atomic E-state index is 0.227. The van der Waals surface area contributed by atoms with Crippen molar-refractivity contribution in [3.63, 3.8) is 0 Å². The van der Waals surface area contributed by atoms with Crippen molar-refractivity contribution in [3.05, 3.63) is 57.5 Å². The predicted octanol–water partition coefficient (Wildman–Crippen LogP) is 4.93. The number of halogens is 1.